The summed E-state index contributed by atoms with van der Waals surface area (Å²) in [5, 5.41) is 2.61. The van der Waals surface area contributed by atoms with Gasteiger partial charge in [-0.25, -0.2) is 17.6 Å². The van der Waals surface area contributed by atoms with E-state index < -0.39 is 27.5 Å². The molecule has 1 aromatic carbocycles. The van der Waals surface area contributed by atoms with Crippen LogP contribution in [-0.4, -0.2) is 43.5 Å². The third-order valence-corrected chi connectivity index (χ3v) is 4.87. The molecule has 0 aliphatic carbocycles. The maximum absolute atomic E-state index is 12.8. The number of sulfonamides is 1. The van der Waals surface area contributed by atoms with Crippen molar-refractivity contribution in [2.45, 2.75) is 37.3 Å². The summed E-state index contributed by atoms with van der Waals surface area (Å²) in [7, 11) is -3.65. The van der Waals surface area contributed by atoms with Crippen LogP contribution in [0.3, 0.4) is 0 Å². The molecule has 0 saturated carbocycles. The molecule has 0 unspecified atom stereocenters. The third-order valence-electron chi connectivity index (χ3n) is 3.02. The van der Waals surface area contributed by atoms with Crippen LogP contribution in [0, 0.1) is 5.82 Å². The zero-order valence-corrected chi connectivity index (χ0v) is 13.5. The largest absolute Gasteiger partial charge is 0.444 e. The molecule has 22 heavy (non-hydrogen) atoms. The van der Waals surface area contributed by atoms with Gasteiger partial charge in [0.25, 0.3) is 0 Å². The predicted molar refractivity (Wildman–Crippen MR) is 78.3 cm³/mol. The molecule has 1 fully saturated rings. The van der Waals surface area contributed by atoms with Crippen molar-refractivity contribution >= 4 is 16.1 Å². The Bertz CT molecular complexity index is 646. The van der Waals surface area contributed by atoms with E-state index in [2.05, 4.69) is 5.32 Å². The lowest BCUT2D eigenvalue weighted by atomic mass is 10.2. The molecule has 1 N–H and O–H groups in total. The summed E-state index contributed by atoms with van der Waals surface area (Å²) >= 11 is 0. The molecule has 6 nitrogen and oxygen atoms in total. The van der Waals surface area contributed by atoms with Crippen molar-refractivity contribution in [1.82, 2.24) is 9.62 Å². The molecular formula is C14H19FN2O4S. The Hall–Kier alpha value is -1.67. The Kier molecular flexibility index (Phi) is 4.44. The van der Waals surface area contributed by atoms with Crippen molar-refractivity contribution in [3.8, 4) is 0 Å². The van der Waals surface area contributed by atoms with Crippen LogP contribution in [0.1, 0.15) is 20.8 Å². The molecule has 0 bridgehead atoms. The number of amides is 1. The number of nitrogens with zero attached hydrogens (tertiary/aromatic N) is 1. The monoisotopic (exact) mass is 330 g/mol. The van der Waals surface area contributed by atoms with Crippen LogP contribution in [0.25, 0.3) is 0 Å². The van der Waals surface area contributed by atoms with Gasteiger partial charge in [0.05, 0.1) is 10.9 Å². The highest BCUT2D eigenvalue weighted by atomic mass is 32.2. The molecule has 122 valence electrons. The summed E-state index contributed by atoms with van der Waals surface area (Å²) in [4.78, 5) is 11.6. The fourth-order valence-electron chi connectivity index (χ4n) is 1.96. The number of halogens is 1. The Morgan fingerprint density at radius 2 is 1.82 bits per heavy atom. The number of ether oxygens (including phenoxy) is 1. The molecule has 8 heteroatoms. The minimum Gasteiger partial charge on any atom is -0.444 e. The van der Waals surface area contributed by atoms with Gasteiger partial charge in [0, 0.05) is 13.1 Å². The highest BCUT2D eigenvalue weighted by molar-refractivity contribution is 7.89. The van der Waals surface area contributed by atoms with Crippen LogP contribution in [0.4, 0.5) is 9.18 Å². The van der Waals surface area contributed by atoms with Crippen LogP contribution in [0.5, 0.6) is 0 Å². The fourth-order valence-corrected chi connectivity index (χ4v) is 3.49. The van der Waals surface area contributed by atoms with E-state index in [-0.39, 0.29) is 24.0 Å². The van der Waals surface area contributed by atoms with E-state index >= 15 is 0 Å². The molecule has 0 aromatic heterocycles. The van der Waals surface area contributed by atoms with Crippen LogP contribution in [-0.2, 0) is 14.8 Å². The molecule has 0 spiro atoms. The minimum atomic E-state index is -3.65. The van der Waals surface area contributed by atoms with Crippen molar-refractivity contribution in [2.75, 3.05) is 13.1 Å². The van der Waals surface area contributed by atoms with E-state index in [1.165, 1.54) is 16.4 Å². The Labute approximate surface area is 129 Å². The number of benzene rings is 1. The number of carbonyl (C=O) groups excluding carboxylic acids is 1. The SMILES string of the molecule is CC(C)(C)OC(=O)NC1CN(S(=O)(=O)c2ccc(F)cc2)C1. The average molecular weight is 330 g/mol. The van der Waals surface area contributed by atoms with Gasteiger partial charge < -0.3 is 10.1 Å². The first kappa shape index (κ1) is 16.7. The number of hydrogen-bond acceptors (Lipinski definition) is 4. The molecule has 1 aliphatic heterocycles. The van der Waals surface area contributed by atoms with Crippen LogP contribution in [0.2, 0.25) is 0 Å². The quantitative estimate of drug-likeness (QED) is 0.916. The molecule has 2 rings (SSSR count). The van der Waals surface area contributed by atoms with Gasteiger partial charge >= 0.3 is 6.09 Å². The molecule has 0 radical (unpaired) electrons. The second-order valence-corrected chi connectivity index (χ2v) is 8.06. The number of nitrogens with one attached hydrogen (secondary N) is 1. The minimum absolute atomic E-state index is 0.0321. The third kappa shape index (κ3) is 3.95. The van der Waals surface area contributed by atoms with Crippen LogP contribution >= 0.6 is 0 Å². The van der Waals surface area contributed by atoms with E-state index in [0.29, 0.717) is 0 Å². The van der Waals surface area contributed by atoms with Gasteiger partial charge in [0.1, 0.15) is 11.4 Å². The molecule has 1 aliphatic rings. The number of rotatable bonds is 3. The maximum atomic E-state index is 12.8. The summed E-state index contributed by atoms with van der Waals surface area (Å²) in [6.07, 6.45) is -0.573. The fraction of sp³-hybridized carbons (Fsp3) is 0.500. The average Bonchev–Trinajstić information content (AvgIpc) is 2.31. The van der Waals surface area contributed by atoms with Gasteiger partial charge in [-0.2, -0.15) is 4.31 Å². The molecule has 1 amide bonds. The van der Waals surface area contributed by atoms with E-state index in [0.717, 1.165) is 12.1 Å². The molecular weight excluding hydrogens is 311 g/mol. The van der Waals surface area contributed by atoms with E-state index in [9.17, 15) is 17.6 Å². The van der Waals surface area contributed by atoms with Gasteiger partial charge in [-0.3, -0.25) is 0 Å². The summed E-state index contributed by atoms with van der Waals surface area (Å²) in [5.74, 6) is -0.493. The van der Waals surface area contributed by atoms with E-state index in [4.69, 9.17) is 4.74 Å². The summed E-state index contributed by atoms with van der Waals surface area (Å²) in [6, 6.07) is 4.36. The second-order valence-electron chi connectivity index (χ2n) is 6.12. The zero-order chi connectivity index (χ0) is 16.5. The van der Waals surface area contributed by atoms with E-state index in [1.807, 2.05) is 0 Å². The Morgan fingerprint density at radius 3 is 2.32 bits per heavy atom. The summed E-state index contributed by atoms with van der Waals surface area (Å²) < 4.78 is 43.7. The van der Waals surface area contributed by atoms with E-state index in [1.54, 1.807) is 20.8 Å². The number of alkyl carbamates (subject to hydrolysis) is 1. The van der Waals surface area contributed by atoms with Crippen molar-refractivity contribution in [3.63, 3.8) is 0 Å². The second kappa shape index (κ2) is 5.85. The number of carbonyl (C=O) groups is 1. The van der Waals surface area contributed by atoms with Crippen molar-refractivity contribution in [3.05, 3.63) is 30.1 Å². The van der Waals surface area contributed by atoms with Gasteiger partial charge in [0.15, 0.2) is 0 Å². The van der Waals surface area contributed by atoms with Gasteiger partial charge in [0.2, 0.25) is 10.0 Å². The van der Waals surface area contributed by atoms with Gasteiger partial charge in [-0.1, -0.05) is 0 Å². The van der Waals surface area contributed by atoms with Crippen molar-refractivity contribution < 1.29 is 22.3 Å². The first-order valence-corrected chi connectivity index (χ1v) is 8.27. The topological polar surface area (TPSA) is 75.7 Å². The normalized spacial score (nSPS) is 16.9. The van der Waals surface area contributed by atoms with Crippen molar-refractivity contribution in [2.24, 2.45) is 0 Å². The molecule has 1 saturated heterocycles. The maximum Gasteiger partial charge on any atom is 0.407 e. The highest BCUT2D eigenvalue weighted by Gasteiger charge is 2.38. The lowest BCUT2D eigenvalue weighted by Crippen LogP contribution is -2.61. The van der Waals surface area contributed by atoms with Gasteiger partial charge in [-0.05, 0) is 45.0 Å². The predicted octanol–water partition coefficient (Wildman–Crippen LogP) is 1.72. The van der Waals surface area contributed by atoms with Crippen LogP contribution in [0.15, 0.2) is 29.2 Å². The lowest BCUT2D eigenvalue weighted by Gasteiger charge is -2.38. The lowest BCUT2D eigenvalue weighted by molar-refractivity contribution is 0.0459. The molecule has 0 atom stereocenters. The summed E-state index contributed by atoms with van der Waals surface area (Å²) in [6.45, 7) is 5.58. The first-order valence-electron chi connectivity index (χ1n) is 6.83. The molecule has 1 heterocycles. The zero-order valence-electron chi connectivity index (χ0n) is 12.7. The number of hydrogen-bond donors (Lipinski definition) is 1. The Morgan fingerprint density at radius 1 is 1.27 bits per heavy atom. The van der Waals surface area contributed by atoms with Crippen LogP contribution < -0.4 is 5.32 Å². The first-order chi connectivity index (χ1) is 10.1. The van der Waals surface area contributed by atoms with Crippen molar-refractivity contribution in [1.29, 1.82) is 0 Å². The standard InChI is InChI=1S/C14H19FN2O4S/c1-14(2,3)21-13(18)16-11-8-17(9-11)22(19,20)12-6-4-10(15)5-7-12/h4-7,11H,8-9H2,1-3H3,(H,16,18). The smallest absolute Gasteiger partial charge is 0.407 e. The van der Waals surface area contributed by atoms with Gasteiger partial charge in [-0.15, -0.1) is 0 Å². The Balaban J connectivity index is 1.91. The molecule has 1 aromatic rings. The highest BCUT2D eigenvalue weighted by Crippen LogP contribution is 2.22. The summed E-state index contributed by atoms with van der Waals surface area (Å²) in [5.41, 5.74) is -0.603.